The van der Waals surface area contributed by atoms with Crippen LogP contribution < -0.4 is 0 Å². The fourth-order valence-corrected chi connectivity index (χ4v) is 3.47. The molecule has 0 spiro atoms. The molecule has 1 aliphatic rings. The van der Waals surface area contributed by atoms with E-state index in [1.807, 2.05) is 0 Å². The van der Waals surface area contributed by atoms with E-state index in [0.717, 1.165) is 17.8 Å². The van der Waals surface area contributed by atoms with Crippen molar-refractivity contribution in [2.24, 2.45) is 17.8 Å². The molecule has 1 heterocycles. The summed E-state index contributed by atoms with van der Waals surface area (Å²) >= 11 is 0. The number of hydrogen-bond acceptors (Lipinski definition) is 0. The third-order valence-electron chi connectivity index (χ3n) is 4.60. The number of quaternary nitrogens is 1. The van der Waals surface area contributed by atoms with Crippen LogP contribution in [0.15, 0.2) is 12.2 Å². The Morgan fingerprint density at radius 1 is 1.18 bits per heavy atom. The number of allylic oxidation sites excluding steroid dienone is 2. The summed E-state index contributed by atoms with van der Waals surface area (Å²) in [4.78, 5) is 0. The number of hydrogen-bond donors (Lipinski definition) is 0. The molecule has 0 saturated carbocycles. The first-order chi connectivity index (χ1) is 8.02. The van der Waals surface area contributed by atoms with Crippen LogP contribution in [-0.2, 0) is 0 Å². The van der Waals surface area contributed by atoms with E-state index >= 15 is 0 Å². The minimum absolute atomic E-state index is 0.816. The van der Waals surface area contributed by atoms with Crippen molar-refractivity contribution >= 4 is 0 Å². The van der Waals surface area contributed by atoms with Crippen LogP contribution in [0.25, 0.3) is 0 Å². The first-order valence-corrected chi connectivity index (χ1v) is 7.47. The maximum Gasteiger partial charge on any atom is 0.0811 e. The molecule has 1 nitrogen and oxygen atoms in total. The highest BCUT2D eigenvalue weighted by atomic mass is 15.3. The molecular weight excluding hydrogens is 206 g/mol. The monoisotopic (exact) mass is 238 g/mol. The highest BCUT2D eigenvalue weighted by molar-refractivity contribution is 4.90. The van der Waals surface area contributed by atoms with Crippen molar-refractivity contribution in [2.45, 2.75) is 46.5 Å². The number of nitrogens with zero attached hydrogens (tertiary/aromatic N) is 1. The molecule has 3 unspecified atom stereocenters. The quantitative estimate of drug-likeness (QED) is 0.513. The van der Waals surface area contributed by atoms with Crippen LogP contribution in [0.2, 0.25) is 0 Å². The maximum atomic E-state index is 2.46. The number of likely N-dealkylation sites (tertiary alicyclic amines) is 1. The highest BCUT2D eigenvalue weighted by Gasteiger charge is 2.30. The fourth-order valence-electron chi connectivity index (χ4n) is 3.47. The fraction of sp³-hybridized carbons (Fsp3) is 0.875. The van der Waals surface area contributed by atoms with Gasteiger partial charge < -0.3 is 4.48 Å². The predicted octanol–water partition coefficient (Wildman–Crippen LogP) is 4.10. The van der Waals surface area contributed by atoms with Gasteiger partial charge in [0, 0.05) is 12.3 Å². The Bertz CT molecular complexity index is 242. The summed E-state index contributed by atoms with van der Waals surface area (Å²) in [7, 11) is 4.81. The molecule has 0 aromatic rings. The lowest BCUT2D eigenvalue weighted by atomic mass is 9.78. The van der Waals surface area contributed by atoms with Gasteiger partial charge in [-0.05, 0) is 31.6 Å². The predicted molar refractivity (Wildman–Crippen MR) is 76.9 cm³/mol. The van der Waals surface area contributed by atoms with E-state index in [1.165, 1.54) is 43.3 Å². The van der Waals surface area contributed by atoms with E-state index in [1.54, 1.807) is 0 Å². The Morgan fingerprint density at radius 3 is 2.41 bits per heavy atom. The van der Waals surface area contributed by atoms with Gasteiger partial charge in [0.15, 0.2) is 0 Å². The molecule has 0 radical (unpaired) electrons. The first kappa shape index (κ1) is 14.8. The van der Waals surface area contributed by atoms with Crippen LogP contribution in [0.4, 0.5) is 0 Å². The minimum Gasteiger partial charge on any atom is -0.328 e. The zero-order valence-corrected chi connectivity index (χ0v) is 12.6. The van der Waals surface area contributed by atoms with Crippen LogP contribution in [0.1, 0.15) is 46.5 Å². The van der Waals surface area contributed by atoms with Crippen molar-refractivity contribution in [1.29, 1.82) is 0 Å². The molecular formula is C16H32N+. The number of rotatable bonds is 3. The van der Waals surface area contributed by atoms with Gasteiger partial charge in [0.2, 0.25) is 0 Å². The summed E-state index contributed by atoms with van der Waals surface area (Å²) < 4.78 is 1.21. The van der Waals surface area contributed by atoms with Crippen molar-refractivity contribution in [3.8, 4) is 0 Å². The summed E-state index contributed by atoms with van der Waals surface area (Å²) in [5, 5.41) is 0. The summed E-state index contributed by atoms with van der Waals surface area (Å²) in [6.07, 6.45) is 10.2. The van der Waals surface area contributed by atoms with E-state index in [2.05, 4.69) is 47.0 Å². The van der Waals surface area contributed by atoms with Gasteiger partial charge in [0.05, 0.1) is 27.2 Å². The Morgan fingerprint density at radius 2 is 1.88 bits per heavy atom. The standard InChI is InChI=1S/C16H32N/c1-6-9-16-10-11-17(4,5)13-14(7-2)12-15(16)8-3/h6,9,14-16H,7-8,10-13H2,1-5H3/q+1. The van der Waals surface area contributed by atoms with E-state index in [0.29, 0.717) is 0 Å². The summed E-state index contributed by atoms with van der Waals surface area (Å²) in [5.74, 6) is 2.65. The van der Waals surface area contributed by atoms with Gasteiger partial charge >= 0.3 is 0 Å². The second-order valence-electron chi connectivity index (χ2n) is 6.50. The highest BCUT2D eigenvalue weighted by Crippen LogP contribution is 2.33. The van der Waals surface area contributed by atoms with Crippen molar-refractivity contribution in [3.05, 3.63) is 12.2 Å². The van der Waals surface area contributed by atoms with Crippen molar-refractivity contribution in [3.63, 3.8) is 0 Å². The van der Waals surface area contributed by atoms with E-state index in [9.17, 15) is 0 Å². The van der Waals surface area contributed by atoms with Crippen LogP contribution in [0, 0.1) is 17.8 Å². The molecule has 17 heavy (non-hydrogen) atoms. The molecule has 0 bridgehead atoms. The largest absolute Gasteiger partial charge is 0.328 e. The summed E-state index contributed by atoms with van der Waals surface area (Å²) in [5.41, 5.74) is 0. The summed E-state index contributed by atoms with van der Waals surface area (Å²) in [6.45, 7) is 9.61. The lowest BCUT2D eigenvalue weighted by Crippen LogP contribution is -2.47. The van der Waals surface area contributed by atoms with Crippen LogP contribution in [0.3, 0.4) is 0 Å². The average molecular weight is 238 g/mol. The van der Waals surface area contributed by atoms with E-state index in [-0.39, 0.29) is 0 Å². The molecule has 0 amide bonds. The van der Waals surface area contributed by atoms with Crippen LogP contribution in [0.5, 0.6) is 0 Å². The van der Waals surface area contributed by atoms with Crippen molar-refractivity contribution in [1.82, 2.24) is 0 Å². The average Bonchev–Trinajstić information content (AvgIpc) is 2.28. The van der Waals surface area contributed by atoms with Crippen molar-refractivity contribution in [2.75, 3.05) is 27.2 Å². The molecule has 0 aliphatic carbocycles. The van der Waals surface area contributed by atoms with Gasteiger partial charge in [0.25, 0.3) is 0 Å². The zero-order valence-electron chi connectivity index (χ0n) is 12.6. The van der Waals surface area contributed by atoms with Gasteiger partial charge in [-0.25, -0.2) is 0 Å². The Hall–Kier alpha value is -0.300. The molecule has 1 saturated heterocycles. The van der Waals surface area contributed by atoms with Gasteiger partial charge in [-0.1, -0.05) is 32.4 Å². The normalized spacial score (nSPS) is 34.5. The van der Waals surface area contributed by atoms with Crippen molar-refractivity contribution < 1.29 is 4.48 Å². The summed E-state index contributed by atoms with van der Waals surface area (Å²) in [6, 6.07) is 0. The topological polar surface area (TPSA) is 0 Å². The molecule has 1 heteroatoms. The zero-order chi connectivity index (χ0) is 12.9. The first-order valence-electron chi connectivity index (χ1n) is 7.47. The Balaban J connectivity index is 2.79. The molecule has 0 aromatic heterocycles. The Labute approximate surface area is 108 Å². The van der Waals surface area contributed by atoms with Gasteiger partial charge in [-0.15, -0.1) is 0 Å². The SMILES string of the molecule is CC=CC1CC[N+](C)(C)CC(CC)CC1CC. The molecule has 3 atom stereocenters. The van der Waals surface area contributed by atoms with E-state index in [4.69, 9.17) is 0 Å². The maximum absolute atomic E-state index is 2.46. The molecule has 100 valence electrons. The second kappa shape index (κ2) is 6.58. The lowest BCUT2D eigenvalue weighted by molar-refractivity contribution is -0.895. The molecule has 1 fully saturated rings. The van der Waals surface area contributed by atoms with E-state index < -0.39 is 0 Å². The third kappa shape index (κ3) is 4.46. The van der Waals surface area contributed by atoms with Gasteiger partial charge in [0.1, 0.15) is 0 Å². The molecule has 0 aromatic carbocycles. The molecule has 0 N–H and O–H groups in total. The lowest BCUT2D eigenvalue weighted by Gasteiger charge is -2.39. The second-order valence-corrected chi connectivity index (χ2v) is 6.50. The van der Waals surface area contributed by atoms with Gasteiger partial charge in [-0.2, -0.15) is 0 Å². The van der Waals surface area contributed by atoms with Gasteiger partial charge in [-0.3, -0.25) is 0 Å². The molecule has 1 aliphatic heterocycles. The molecule has 1 rings (SSSR count). The smallest absolute Gasteiger partial charge is 0.0811 e. The van der Waals surface area contributed by atoms with Crippen LogP contribution >= 0.6 is 0 Å². The third-order valence-corrected chi connectivity index (χ3v) is 4.60. The minimum atomic E-state index is 0.816. The Kier molecular flexibility index (Phi) is 5.72. The van der Waals surface area contributed by atoms with Crippen LogP contribution in [-0.4, -0.2) is 31.7 Å².